The highest BCUT2D eigenvalue weighted by Gasteiger charge is 2.20. The predicted molar refractivity (Wildman–Crippen MR) is 67.9 cm³/mol. The van der Waals surface area contributed by atoms with Gasteiger partial charge in [0.25, 0.3) is 0 Å². The zero-order valence-electron chi connectivity index (χ0n) is 9.18. The summed E-state index contributed by atoms with van der Waals surface area (Å²) in [5, 5.41) is 0. The number of thiol groups is 1. The Kier molecular flexibility index (Phi) is 3.10. The monoisotopic (exact) mass is 200 g/mol. The van der Waals surface area contributed by atoms with Crippen molar-refractivity contribution in [2.45, 2.75) is 38.0 Å². The third kappa shape index (κ3) is 2.03. The Morgan fingerprint density at radius 3 is 2.14 bits per heavy atom. The first-order valence-electron chi connectivity index (χ1n) is 4.63. The first-order chi connectivity index (χ1) is 6.25. The summed E-state index contributed by atoms with van der Waals surface area (Å²) < 4.78 is 0. The smallest absolute Gasteiger partial charge is 0.114 e. The summed E-state index contributed by atoms with van der Waals surface area (Å²) in [7, 11) is 11.8. The second kappa shape index (κ2) is 3.69. The Labute approximate surface area is 94.7 Å². The van der Waals surface area contributed by atoms with Crippen LogP contribution < -0.4 is 10.9 Å². The second-order valence-electron chi connectivity index (χ2n) is 4.65. The van der Waals surface area contributed by atoms with Crippen LogP contribution >= 0.6 is 12.6 Å². The van der Waals surface area contributed by atoms with E-state index in [-0.39, 0.29) is 5.41 Å². The lowest BCUT2D eigenvalue weighted by atomic mass is 9.72. The summed E-state index contributed by atoms with van der Waals surface area (Å²) in [4.78, 5) is 0.873. The molecule has 14 heavy (non-hydrogen) atoms. The van der Waals surface area contributed by atoms with Crippen LogP contribution in [0.2, 0.25) is 0 Å². The summed E-state index contributed by atoms with van der Waals surface area (Å²) in [6.07, 6.45) is 0. The standard InChI is InChI=1S/C11H14B2S/c1-6-7(12)5-8(14)9(10(6)13)11(2,3)4/h5,14H,1-4H3. The second-order valence-corrected chi connectivity index (χ2v) is 5.13. The summed E-state index contributed by atoms with van der Waals surface area (Å²) in [5.74, 6) is 0. The molecule has 0 aliphatic heterocycles. The SMILES string of the molecule is [B]c1cc(S)c(C(C)(C)C)c([B])c1C. The van der Waals surface area contributed by atoms with Crippen LogP contribution in [0.4, 0.5) is 0 Å². The van der Waals surface area contributed by atoms with Gasteiger partial charge < -0.3 is 0 Å². The average molecular weight is 200 g/mol. The summed E-state index contributed by atoms with van der Waals surface area (Å²) in [5.41, 5.74) is 3.50. The molecular formula is C11H14B2S. The fraction of sp³-hybridized carbons (Fsp3) is 0.455. The van der Waals surface area contributed by atoms with Gasteiger partial charge >= 0.3 is 0 Å². The predicted octanol–water partition coefficient (Wildman–Crippen LogP) is 1.17. The molecule has 0 aliphatic carbocycles. The summed E-state index contributed by atoms with van der Waals surface area (Å²) in [6, 6.07) is 1.87. The van der Waals surface area contributed by atoms with E-state index in [1.54, 1.807) is 0 Å². The van der Waals surface area contributed by atoms with Gasteiger partial charge in [0, 0.05) is 4.90 Å². The zero-order chi connectivity index (χ0) is 11.1. The largest absolute Gasteiger partial charge is 0.143 e. The van der Waals surface area contributed by atoms with Gasteiger partial charge in [-0.3, -0.25) is 0 Å². The minimum atomic E-state index is -0.000370. The van der Waals surface area contributed by atoms with Crippen LogP contribution in [0.25, 0.3) is 0 Å². The molecule has 4 radical (unpaired) electrons. The van der Waals surface area contributed by atoms with Crippen molar-refractivity contribution in [3.05, 3.63) is 17.2 Å². The molecule has 0 saturated carbocycles. The Morgan fingerprint density at radius 2 is 1.71 bits per heavy atom. The lowest BCUT2D eigenvalue weighted by molar-refractivity contribution is 0.582. The van der Waals surface area contributed by atoms with Crippen LogP contribution in [0.5, 0.6) is 0 Å². The van der Waals surface area contributed by atoms with E-state index in [0.29, 0.717) is 5.46 Å². The molecule has 1 aromatic rings. The molecule has 0 atom stereocenters. The average Bonchev–Trinajstić information content (AvgIpc) is 1.97. The summed E-state index contributed by atoms with van der Waals surface area (Å²) in [6.45, 7) is 8.29. The lowest BCUT2D eigenvalue weighted by Gasteiger charge is -2.26. The highest BCUT2D eigenvalue weighted by atomic mass is 32.1. The molecule has 0 bridgehead atoms. The van der Waals surface area contributed by atoms with E-state index in [9.17, 15) is 0 Å². The van der Waals surface area contributed by atoms with E-state index in [1.165, 1.54) is 0 Å². The Morgan fingerprint density at radius 1 is 1.21 bits per heavy atom. The molecule has 0 amide bonds. The molecule has 1 rings (SSSR count). The van der Waals surface area contributed by atoms with E-state index in [4.69, 9.17) is 15.7 Å². The van der Waals surface area contributed by atoms with Gasteiger partial charge in [-0.1, -0.05) is 43.3 Å². The van der Waals surface area contributed by atoms with Crippen LogP contribution in [0, 0.1) is 6.92 Å². The molecule has 3 heteroatoms. The van der Waals surface area contributed by atoms with Crippen molar-refractivity contribution in [2.75, 3.05) is 0 Å². The van der Waals surface area contributed by atoms with Crippen LogP contribution in [0.15, 0.2) is 11.0 Å². The van der Waals surface area contributed by atoms with Gasteiger partial charge in [0.2, 0.25) is 0 Å². The first kappa shape index (κ1) is 11.8. The molecule has 0 aliphatic rings. The Balaban J connectivity index is 3.53. The first-order valence-corrected chi connectivity index (χ1v) is 5.08. The minimum Gasteiger partial charge on any atom is -0.143 e. The molecule has 70 valence electrons. The van der Waals surface area contributed by atoms with Gasteiger partial charge in [-0.25, -0.2) is 0 Å². The van der Waals surface area contributed by atoms with Crippen LogP contribution in [0.3, 0.4) is 0 Å². The molecular weight excluding hydrogens is 186 g/mol. The third-order valence-corrected chi connectivity index (χ3v) is 2.76. The van der Waals surface area contributed by atoms with Crippen LogP contribution in [0.1, 0.15) is 31.9 Å². The van der Waals surface area contributed by atoms with E-state index in [1.807, 2.05) is 13.0 Å². The van der Waals surface area contributed by atoms with Crippen molar-refractivity contribution in [2.24, 2.45) is 0 Å². The Bertz CT molecular complexity index is 365. The molecule has 0 saturated heterocycles. The van der Waals surface area contributed by atoms with Gasteiger partial charge in [0.05, 0.1) is 0 Å². The molecule has 0 heterocycles. The number of hydrogen-bond acceptors (Lipinski definition) is 1. The van der Waals surface area contributed by atoms with Crippen molar-refractivity contribution >= 4 is 39.2 Å². The number of hydrogen-bond donors (Lipinski definition) is 1. The molecule has 0 fully saturated rings. The molecule has 1 aromatic carbocycles. The Hall–Kier alpha value is -0.300. The molecule has 0 unspecified atom stereocenters. The van der Waals surface area contributed by atoms with Crippen molar-refractivity contribution in [1.82, 2.24) is 0 Å². The van der Waals surface area contributed by atoms with E-state index in [2.05, 4.69) is 33.4 Å². The summed E-state index contributed by atoms with van der Waals surface area (Å²) >= 11 is 4.42. The number of rotatable bonds is 0. The molecule has 0 spiro atoms. The maximum absolute atomic E-state index is 6.04. The lowest BCUT2D eigenvalue weighted by Crippen LogP contribution is -2.31. The van der Waals surface area contributed by atoms with Gasteiger partial charge in [0.15, 0.2) is 0 Å². The zero-order valence-corrected chi connectivity index (χ0v) is 10.1. The van der Waals surface area contributed by atoms with Crippen molar-refractivity contribution < 1.29 is 0 Å². The maximum Gasteiger partial charge on any atom is 0.114 e. The maximum atomic E-state index is 6.04. The quantitative estimate of drug-likeness (QED) is 0.471. The van der Waals surface area contributed by atoms with E-state index < -0.39 is 0 Å². The molecule has 0 N–H and O–H groups in total. The van der Waals surface area contributed by atoms with Gasteiger partial charge in [-0.2, -0.15) is 0 Å². The van der Waals surface area contributed by atoms with Crippen molar-refractivity contribution in [3.63, 3.8) is 0 Å². The molecule has 0 nitrogen and oxygen atoms in total. The van der Waals surface area contributed by atoms with Crippen LogP contribution in [-0.2, 0) is 5.41 Å². The van der Waals surface area contributed by atoms with Gasteiger partial charge in [0.1, 0.15) is 15.7 Å². The van der Waals surface area contributed by atoms with Crippen molar-refractivity contribution in [1.29, 1.82) is 0 Å². The topological polar surface area (TPSA) is 0 Å². The van der Waals surface area contributed by atoms with Gasteiger partial charge in [-0.05, 0) is 17.9 Å². The van der Waals surface area contributed by atoms with Crippen LogP contribution in [-0.4, -0.2) is 15.7 Å². The van der Waals surface area contributed by atoms with Gasteiger partial charge in [-0.15, -0.1) is 12.6 Å². The molecule has 0 aromatic heterocycles. The fourth-order valence-electron chi connectivity index (χ4n) is 1.60. The third-order valence-electron chi connectivity index (χ3n) is 2.40. The number of benzene rings is 1. The van der Waals surface area contributed by atoms with Crippen molar-refractivity contribution in [3.8, 4) is 0 Å². The minimum absolute atomic E-state index is 0.000370. The van der Waals surface area contributed by atoms with E-state index in [0.717, 1.165) is 21.5 Å². The highest BCUT2D eigenvalue weighted by molar-refractivity contribution is 7.80. The highest BCUT2D eigenvalue weighted by Crippen LogP contribution is 2.26. The van der Waals surface area contributed by atoms with E-state index >= 15 is 0 Å². The normalized spacial score (nSPS) is 11.8. The fourth-order valence-corrected chi connectivity index (χ4v) is 2.19.